The molecule has 0 radical (unpaired) electrons. The van der Waals surface area contributed by atoms with Crippen molar-refractivity contribution in [3.8, 4) is 0 Å². The van der Waals surface area contributed by atoms with E-state index in [0.717, 1.165) is 58.3 Å². The lowest BCUT2D eigenvalue weighted by atomic mass is 9.74. The smallest absolute Gasteiger partial charge is 0.225 e. The van der Waals surface area contributed by atoms with Crippen LogP contribution in [0.3, 0.4) is 0 Å². The van der Waals surface area contributed by atoms with E-state index in [0.29, 0.717) is 0 Å². The van der Waals surface area contributed by atoms with Gasteiger partial charge in [0.1, 0.15) is 0 Å². The van der Waals surface area contributed by atoms with Crippen molar-refractivity contribution in [2.24, 2.45) is 11.7 Å². The van der Waals surface area contributed by atoms with Crippen LogP contribution in [0.2, 0.25) is 0 Å². The number of carbonyl (C=O) groups is 1. The van der Waals surface area contributed by atoms with Crippen molar-refractivity contribution in [2.75, 3.05) is 33.4 Å². The van der Waals surface area contributed by atoms with Crippen LogP contribution in [0.5, 0.6) is 0 Å². The van der Waals surface area contributed by atoms with E-state index in [1.165, 1.54) is 0 Å². The first kappa shape index (κ1) is 15.7. The van der Waals surface area contributed by atoms with Gasteiger partial charge in [0.2, 0.25) is 5.91 Å². The summed E-state index contributed by atoms with van der Waals surface area (Å²) in [6, 6.07) is 0.275. The number of nitrogens with zero attached hydrogens (tertiary/aromatic N) is 1. The maximum absolute atomic E-state index is 12.5. The lowest BCUT2D eigenvalue weighted by molar-refractivity contribution is -0.128. The molecule has 1 saturated heterocycles. The lowest BCUT2D eigenvalue weighted by Crippen LogP contribution is -2.54. The summed E-state index contributed by atoms with van der Waals surface area (Å²) < 4.78 is 5.10. The van der Waals surface area contributed by atoms with Gasteiger partial charge in [-0.15, -0.1) is 0 Å². The number of methoxy groups -OCH3 is 1. The quantitative estimate of drug-likeness (QED) is 0.780. The molecule has 1 heterocycles. The summed E-state index contributed by atoms with van der Waals surface area (Å²) >= 11 is 0. The molecule has 2 rings (SSSR count). The number of likely N-dealkylation sites (tertiary alicyclic amines) is 1. The molecule has 116 valence electrons. The van der Waals surface area contributed by atoms with Crippen molar-refractivity contribution in [2.45, 2.75) is 50.6 Å². The first-order valence-corrected chi connectivity index (χ1v) is 7.83. The van der Waals surface area contributed by atoms with Crippen LogP contribution in [0.4, 0.5) is 0 Å². The minimum Gasteiger partial charge on any atom is -0.383 e. The van der Waals surface area contributed by atoms with E-state index in [-0.39, 0.29) is 23.4 Å². The second kappa shape index (κ2) is 6.87. The Hall–Kier alpha value is -0.650. The van der Waals surface area contributed by atoms with E-state index < -0.39 is 0 Å². The number of ether oxygens (including phenoxy) is 1. The third kappa shape index (κ3) is 3.93. The molecule has 2 fully saturated rings. The summed E-state index contributed by atoms with van der Waals surface area (Å²) in [6.07, 6.45) is 5.18. The standard InChI is InChI=1S/C15H29N3O2/c1-15(16)7-4-3-5-13(15)14(19)17-12-6-8-18(11-12)9-10-20-2/h12-13H,3-11,16H2,1-2H3,(H,17,19). The van der Waals surface area contributed by atoms with Crippen LogP contribution >= 0.6 is 0 Å². The second-order valence-corrected chi connectivity index (χ2v) is 6.59. The molecule has 5 nitrogen and oxygen atoms in total. The van der Waals surface area contributed by atoms with Crippen molar-refractivity contribution in [1.29, 1.82) is 0 Å². The Kier molecular flexibility index (Phi) is 5.41. The number of hydrogen-bond donors (Lipinski definition) is 2. The van der Waals surface area contributed by atoms with Crippen LogP contribution in [0.1, 0.15) is 39.0 Å². The topological polar surface area (TPSA) is 67.6 Å². The van der Waals surface area contributed by atoms with Crippen molar-refractivity contribution >= 4 is 5.91 Å². The van der Waals surface area contributed by atoms with Crippen molar-refractivity contribution in [3.63, 3.8) is 0 Å². The zero-order chi connectivity index (χ0) is 14.6. The van der Waals surface area contributed by atoms with E-state index in [1.54, 1.807) is 7.11 Å². The Morgan fingerprint density at radius 2 is 2.25 bits per heavy atom. The van der Waals surface area contributed by atoms with Crippen LogP contribution in [0.15, 0.2) is 0 Å². The summed E-state index contributed by atoms with van der Waals surface area (Å²) in [5.41, 5.74) is 5.97. The average molecular weight is 283 g/mol. The Bertz CT molecular complexity index is 333. The number of rotatable bonds is 5. The second-order valence-electron chi connectivity index (χ2n) is 6.59. The number of carbonyl (C=O) groups excluding carboxylic acids is 1. The van der Waals surface area contributed by atoms with Gasteiger partial charge >= 0.3 is 0 Å². The van der Waals surface area contributed by atoms with Crippen molar-refractivity contribution < 1.29 is 9.53 Å². The Balaban J connectivity index is 1.80. The average Bonchev–Trinajstić information content (AvgIpc) is 2.83. The highest BCUT2D eigenvalue weighted by atomic mass is 16.5. The highest BCUT2D eigenvalue weighted by Crippen LogP contribution is 2.31. The molecule has 5 heteroatoms. The predicted molar refractivity (Wildman–Crippen MR) is 79.4 cm³/mol. The fourth-order valence-electron chi connectivity index (χ4n) is 3.46. The molecule has 0 bridgehead atoms. The van der Waals surface area contributed by atoms with Gasteiger partial charge < -0.3 is 15.8 Å². The van der Waals surface area contributed by atoms with Gasteiger partial charge in [-0.25, -0.2) is 0 Å². The minimum absolute atomic E-state index is 0.0238. The SMILES string of the molecule is COCCN1CCC(NC(=O)C2CCCCC2(C)N)C1. The molecule has 0 aromatic heterocycles. The van der Waals surface area contributed by atoms with Gasteiger partial charge in [0, 0.05) is 38.3 Å². The van der Waals surface area contributed by atoms with E-state index in [1.807, 2.05) is 6.92 Å². The third-order valence-corrected chi connectivity index (χ3v) is 4.80. The summed E-state index contributed by atoms with van der Waals surface area (Å²) in [7, 11) is 1.72. The third-order valence-electron chi connectivity index (χ3n) is 4.80. The number of amides is 1. The maximum Gasteiger partial charge on any atom is 0.225 e. The minimum atomic E-state index is -0.337. The molecule has 3 N–H and O–H groups in total. The highest BCUT2D eigenvalue weighted by molar-refractivity contribution is 5.80. The first-order chi connectivity index (χ1) is 9.53. The van der Waals surface area contributed by atoms with Crippen molar-refractivity contribution in [1.82, 2.24) is 10.2 Å². The Morgan fingerprint density at radius 1 is 1.45 bits per heavy atom. The molecular formula is C15H29N3O2. The van der Waals surface area contributed by atoms with Crippen molar-refractivity contribution in [3.05, 3.63) is 0 Å². The van der Waals surface area contributed by atoms with Gasteiger partial charge in [0.25, 0.3) is 0 Å². The van der Waals surface area contributed by atoms with Gasteiger partial charge in [0.15, 0.2) is 0 Å². The van der Waals surface area contributed by atoms with Gasteiger partial charge in [-0.1, -0.05) is 12.8 Å². The largest absolute Gasteiger partial charge is 0.383 e. The van der Waals surface area contributed by atoms with E-state index in [4.69, 9.17) is 10.5 Å². The highest BCUT2D eigenvalue weighted by Gasteiger charge is 2.38. The molecule has 0 aromatic rings. The summed E-state index contributed by atoms with van der Waals surface area (Å²) in [5.74, 6) is 0.137. The zero-order valence-corrected chi connectivity index (χ0v) is 12.9. The summed E-state index contributed by atoms with van der Waals surface area (Å²) in [4.78, 5) is 14.8. The van der Waals surface area contributed by atoms with E-state index in [2.05, 4.69) is 10.2 Å². The summed E-state index contributed by atoms with van der Waals surface area (Å²) in [6.45, 7) is 5.70. The first-order valence-electron chi connectivity index (χ1n) is 7.83. The molecular weight excluding hydrogens is 254 g/mol. The number of nitrogens with two attached hydrogens (primary N) is 1. The monoisotopic (exact) mass is 283 g/mol. The van der Waals surface area contributed by atoms with Crippen LogP contribution < -0.4 is 11.1 Å². The maximum atomic E-state index is 12.5. The normalized spacial score (nSPS) is 35.1. The Morgan fingerprint density at radius 3 is 2.95 bits per heavy atom. The molecule has 20 heavy (non-hydrogen) atoms. The molecule has 1 amide bonds. The molecule has 1 aliphatic carbocycles. The molecule has 0 aromatic carbocycles. The molecule has 0 spiro atoms. The number of hydrogen-bond acceptors (Lipinski definition) is 4. The van der Waals surface area contributed by atoms with Crippen LogP contribution in [-0.4, -0.2) is 55.7 Å². The van der Waals surface area contributed by atoms with Crippen LogP contribution in [0.25, 0.3) is 0 Å². The summed E-state index contributed by atoms with van der Waals surface area (Å²) in [5, 5.41) is 3.21. The van der Waals surface area contributed by atoms with Gasteiger partial charge in [-0.2, -0.15) is 0 Å². The molecule has 3 unspecified atom stereocenters. The fraction of sp³-hybridized carbons (Fsp3) is 0.933. The lowest BCUT2D eigenvalue weighted by Gasteiger charge is -2.37. The van der Waals surface area contributed by atoms with E-state index >= 15 is 0 Å². The zero-order valence-electron chi connectivity index (χ0n) is 12.9. The van der Waals surface area contributed by atoms with E-state index in [9.17, 15) is 4.79 Å². The Labute approximate surface area is 122 Å². The van der Waals surface area contributed by atoms with Gasteiger partial charge in [-0.3, -0.25) is 9.69 Å². The van der Waals surface area contributed by atoms with Gasteiger partial charge in [-0.05, 0) is 26.2 Å². The molecule has 3 atom stereocenters. The molecule has 2 aliphatic rings. The van der Waals surface area contributed by atoms with Gasteiger partial charge in [0.05, 0.1) is 12.5 Å². The number of nitrogens with one attached hydrogen (secondary N) is 1. The predicted octanol–water partition coefficient (Wildman–Crippen LogP) is 0.731. The van der Waals surface area contributed by atoms with Crippen LogP contribution in [0, 0.1) is 5.92 Å². The van der Waals surface area contributed by atoms with Crippen LogP contribution in [-0.2, 0) is 9.53 Å². The molecule has 1 aliphatic heterocycles. The fourth-order valence-corrected chi connectivity index (χ4v) is 3.46. The molecule has 1 saturated carbocycles.